The van der Waals surface area contributed by atoms with Gasteiger partial charge in [0, 0.05) is 6.42 Å². The number of phenols is 2. The first kappa shape index (κ1) is 26.1. The van der Waals surface area contributed by atoms with E-state index < -0.39 is 41.9 Å². The van der Waals surface area contributed by atoms with Crippen molar-refractivity contribution in [2.24, 2.45) is 5.92 Å². The predicted octanol–water partition coefficient (Wildman–Crippen LogP) is 3.05. The van der Waals surface area contributed by atoms with Gasteiger partial charge in [0.25, 0.3) is 0 Å². The van der Waals surface area contributed by atoms with Crippen molar-refractivity contribution in [1.29, 1.82) is 0 Å². The average molecular weight is 440 g/mol. The summed E-state index contributed by atoms with van der Waals surface area (Å²) in [6.45, 7) is 11.6. The molecule has 3 atom stereocenters. The molecule has 0 radical (unpaired) electrons. The number of benzene rings is 1. The average Bonchev–Trinajstić information content (AvgIpc) is 2.62. The van der Waals surface area contributed by atoms with E-state index in [-0.39, 0.29) is 23.8 Å². The second-order valence-corrected chi connectivity index (χ2v) is 8.66. The molecular weight excluding hydrogens is 406 g/mol. The molecule has 0 aromatic heterocycles. The summed E-state index contributed by atoms with van der Waals surface area (Å²) in [6, 6.07) is 2.91. The molecule has 0 bridgehead atoms. The highest BCUT2D eigenvalue weighted by Crippen LogP contribution is 2.25. The van der Waals surface area contributed by atoms with E-state index in [1.165, 1.54) is 18.2 Å². The molecule has 1 rings (SSSR count). The number of nitrogens with one attached hydrogen (secondary N) is 1. The van der Waals surface area contributed by atoms with Crippen LogP contribution in [-0.4, -0.2) is 52.1 Å². The molecule has 1 aromatic rings. The molecule has 1 aromatic carbocycles. The van der Waals surface area contributed by atoms with Crippen LogP contribution in [0.3, 0.4) is 0 Å². The van der Waals surface area contributed by atoms with Crippen molar-refractivity contribution in [3.8, 4) is 11.5 Å². The number of rotatable bonds is 8. The molecule has 9 heteroatoms. The monoisotopic (exact) mass is 439 g/mol. The van der Waals surface area contributed by atoms with Crippen LogP contribution in [0.4, 0.5) is 4.79 Å². The van der Waals surface area contributed by atoms with Gasteiger partial charge in [0.15, 0.2) is 11.5 Å². The third-order valence-corrected chi connectivity index (χ3v) is 4.19. The van der Waals surface area contributed by atoms with Crippen LogP contribution < -0.4 is 5.32 Å². The first-order valence-corrected chi connectivity index (χ1v) is 10.1. The second kappa shape index (κ2) is 10.9. The van der Waals surface area contributed by atoms with Crippen LogP contribution in [0, 0.1) is 5.92 Å². The van der Waals surface area contributed by atoms with Crippen LogP contribution in [0.5, 0.6) is 11.5 Å². The van der Waals surface area contributed by atoms with E-state index in [4.69, 9.17) is 14.2 Å². The Morgan fingerprint density at radius 1 is 0.935 bits per heavy atom. The number of esters is 2. The van der Waals surface area contributed by atoms with Crippen LogP contribution in [0.1, 0.15) is 54.0 Å². The summed E-state index contributed by atoms with van der Waals surface area (Å²) in [5.41, 5.74) is -0.303. The molecule has 3 N–H and O–H groups in total. The Hall–Kier alpha value is -2.97. The minimum absolute atomic E-state index is 0.0290. The lowest BCUT2D eigenvalue weighted by molar-refractivity contribution is -0.168. The fourth-order valence-corrected chi connectivity index (χ4v) is 2.35. The van der Waals surface area contributed by atoms with E-state index >= 15 is 0 Å². The van der Waals surface area contributed by atoms with E-state index in [0.717, 1.165) is 0 Å². The number of ether oxygens (including phenoxy) is 3. The molecule has 0 fully saturated rings. The maximum Gasteiger partial charge on any atom is 0.408 e. The molecule has 174 valence electrons. The zero-order valence-corrected chi connectivity index (χ0v) is 19.1. The number of hydrogen-bond donors (Lipinski definition) is 3. The highest BCUT2D eigenvalue weighted by atomic mass is 16.6. The quantitative estimate of drug-likeness (QED) is 0.320. The molecule has 0 unspecified atom stereocenters. The molecule has 0 spiro atoms. The van der Waals surface area contributed by atoms with Crippen LogP contribution in [0.25, 0.3) is 0 Å². The number of carbonyl (C=O) groups excluding carboxylic acids is 3. The smallest absolute Gasteiger partial charge is 0.408 e. The highest BCUT2D eigenvalue weighted by Gasteiger charge is 2.29. The third-order valence-electron chi connectivity index (χ3n) is 4.19. The van der Waals surface area contributed by atoms with E-state index in [9.17, 15) is 24.6 Å². The van der Waals surface area contributed by atoms with E-state index in [0.29, 0.717) is 5.56 Å². The number of carbonyl (C=O) groups is 3. The van der Waals surface area contributed by atoms with Gasteiger partial charge in [-0.1, -0.05) is 19.9 Å². The van der Waals surface area contributed by atoms with Crippen molar-refractivity contribution in [2.75, 3.05) is 0 Å². The minimum atomic E-state index is -1.14. The predicted molar refractivity (Wildman–Crippen MR) is 113 cm³/mol. The lowest BCUT2D eigenvalue weighted by Crippen LogP contribution is -2.47. The first-order valence-electron chi connectivity index (χ1n) is 10.1. The Morgan fingerprint density at radius 3 is 1.97 bits per heavy atom. The van der Waals surface area contributed by atoms with Crippen molar-refractivity contribution < 1.29 is 38.8 Å². The molecule has 0 aliphatic carbocycles. The third kappa shape index (κ3) is 9.15. The lowest BCUT2D eigenvalue weighted by atomic mass is 10.1. The molecule has 0 aliphatic rings. The largest absolute Gasteiger partial charge is 0.504 e. The molecule has 31 heavy (non-hydrogen) atoms. The van der Waals surface area contributed by atoms with Crippen LogP contribution >= 0.6 is 0 Å². The maximum atomic E-state index is 12.8. The Bertz CT molecular complexity index is 784. The summed E-state index contributed by atoms with van der Waals surface area (Å²) >= 11 is 0. The molecule has 0 saturated carbocycles. The number of amides is 1. The summed E-state index contributed by atoms with van der Waals surface area (Å²) in [4.78, 5) is 36.8. The number of alkyl carbamates (subject to hydrolysis) is 1. The molecule has 0 saturated heterocycles. The van der Waals surface area contributed by atoms with Gasteiger partial charge in [0.1, 0.15) is 23.9 Å². The van der Waals surface area contributed by atoms with Crippen molar-refractivity contribution in [1.82, 2.24) is 5.32 Å². The molecule has 0 heterocycles. The fourth-order valence-electron chi connectivity index (χ4n) is 2.35. The van der Waals surface area contributed by atoms with Gasteiger partial charge in [-0.2, -0.15) is 0 Å². The first-order chi connectivity index (χ1) is 14.2. The minimum Gasteiger partial charge on any atom is -0.504 e. The summed E-state index contributed by atoms with van der Waals surface area (Å²) in [7, 11) is 0. The normalized spacial score (nSPS) is 14.3. The summed E-state index contributed by atoms with van der Waals surface area (Å²) < 4.78 is 15.9. The number of aromatic hydroxyl groups is 2. The fraction of sp³-hybridized carbons (Fsp3) is 0.591. The van der Waals surface area contributed by atoms with Crippen LogP contribution in [0.15, 0.2) is 18.2 Å². The van der Waals surface area contributed by atoms with Gasteiger partial charge in [0.05, 0.1) is 5.92 Å². The maximum absolute atomic E-state index is 12.8. The van der Waals surface area contributed by atoms with Crippen molar-refractivity contribution >= 4 is 18.0 Å². The molecule has 1 amide bonds. The van der Waals surface area contributed by atoms with Crippen molar-refractivity contribution in [3.05, 3.63) is 23.8 Å². The Morgan fingerprint density at radius 2 is 1.48 bits per heavy atom. The van der Waals surface area contributed by atoms with Gasteiger partial charge >= 0.3 is 18.0 Å². The van der Waals surface area contributed by atoms with E-state index in [1.807, 2.05) is 0 Å². The topological polar surface area (TPSA) is 131 Å². The second-order valence-electron chi connectivity index (χ2n) is 8.66. The SMILES string of the molecule is CC(C)C(=O)O[C@H](C)[C@@H](C)OC(=O)[C@H](Cc1ccc(O)c(O)c1)NC(=O)OC(C)(C)C. The standard InChI is InChI=1S/C22H33NO8/c1-12(2)19(26)29-13(3)14(4)30-20(27)16(23-21(28)31-22(5,6)7)10-15-8-9-17(24)18(25)11-15/h8-9,11-14,16,24-25H,10H2,1-7H3,(H,23,28)/t13-,14-,16+/m1/s1. The van der Waals surface area contributed by atoms with Crippen molar-refractivity contribution in [3.63, 3.8) is 0 Å². The highest BCUT2D eigenvalue weighted by molar-refractivity contribution is 5.82. The van der Waals surface area contributed by atoms with Crippen LogP contribution in [0.2, 0.25) is 0 Å². The Kier molecular flexibility index (Phi) is 9.15. The number of phenolic OH excluding ortho intramolecular Hbond substituents is 2. The van der Waals surface area contributed by atoms with Gasteiger partial charge < -0.3 is 29.7 Å². The Labute approximate surface area is 182 Å². The van der Waals surface area contributed by atoms with E-state index in [2.05, 4.69) is 5.32 Å². The number of hydrogen-bond acceptors (Lipinski definition) is 8. The van der Waals surface area contributed by atoms with Crippen LogP contribution in [-0.2, 0) is 30.2 Å². The Balaban J connectivity index is 2.94. The summed E-state index contributed by atoms with van der Waals surface area (Å²) in [5.74, 6) is -2.17. The summed E-state index contributed by atoms with van der Waals surface area (Å²) in [5, 5.41) is 21.7. The lowest BCUT2D eigenvalue weighted by Gasteiger charge is -2.26. The van der Waals surface area contributed by atoms with Gasteiger partial charge in [-0.25, -0.2) is 9.59 Å². The zero-order chi connectivity index (χ0) is 23.9. The van der Waals surface area contributed by atoms with Crippen molar-refractivity contribution in [2.45, 2.75) is 78.7 Å². The van der Waals surface area contributed by atoms with Gasteiger partial charge in [-0.05, 0) is 52.3 Å². The molecule has 9 nitrogen and oxygen atoms in total. The summed E-state index contributed by atoms with van der Waals surface area (Å²) in [6.07, 6.45) is -2.31. The molecular formula is C22H33NO8. The van der Waals surface area contributed by atoms with E-state index in [1.54, 1.807) is 48.5 Å². The molecule has 0 aliphatic heterocycles. The van der Waals surface area contributed by atoms with Gasteiger partial charge in [-0.3, -0.25) is 4.79 Å². The van der Waals surface area contributed by atoms with Gasteiger partial charge in [0.2, 0.25) is 0 Å². The van der Waals surface area contributed by atoms with Gasteiger partial charge in [-0.15, -0.1) is 0 Å². The zero-order valence-electron chi connectivity index (χ0n) is 19.1.